The van der Waals surface area contributed by atoms with E-state index in [1.165, 1.54) is 23.5 Å². The van der Waals surface area contributed by atoms with Crippen molar-refractivity contribution in [3.63, 3.8) is 0 Å². The minimum absolute atomic E-state index is 0.215. The number of anilines is 1. The average molecular weight is 521 g/mol. The molecule has 2 aromatic carbocycles. The highest BCUT2D eigenvalue weighted by Crippen LogP contribution is 2.38. The second-order valence-corrected chi connectivity index (χ2v) is 11.3. The molecule has 1 saturated heterocycles. The molecule has 0 radical (unpaired) electrons. The highest BCUT2D eigenvalue weighted by molar-refractivity contribution is 7.92. The first-order chi connectivity index (χ1) is 15.1. The monoisotopic (exact) mass is 520 g/mol. The van der Waals surface area contributed by atoms with E-state index in [4.69, 9.17) is 23.2 Å². The van der Waals surface area contributed by atoms with Crippen molar-refractivity contribution >= 4 is 49.5 Å². The molecule has 0 bridgehead atoms. The summed E-state index contributed by atoms with van der Waals surface area (Å²) in [6.07, 6.45) is -4.30. The van der Waals surface area contributed by atoms with Crippen LogP contribution < -0.4 is 4.90 Å². The van der Waals surface area contributed by atoms with E-state index < -0.39 is 31.7 Å². The van der Waals surface area contributed by atoms with Gasteiger partial charge in [-0.05, 0) is 43.2 Å². The number of sulfone groups is 1. The van der Waals surface area contributed by atoms with Crippen molar-refractivity contribution in [3.05, 3.63) is 63.5 Å². The summed E-state index contributed by atoms with van der Waals surface area (Å²) in [5.74, 6) is 0. The Morgan fingerprint density at radius 3 is 2.28 bits per heavy atom. The SMILES string of the molecule is O=S(=O)(c1ccccc1C(F)(F)F)C1CCN(c2nc(-c3cc(Cl)cc(Cl)c3)cs2)CC1. The van der Waals surface area contributed by atoms with Crippen LogP contribution in [0, 0.1) is 0 Å². The zero-order valence-electron chi connectivity index (χ0n) is 16.4. The molecule has 2 heterocycles. The number of rotatable bonds is 4. The van der Waals surface area contributed by atoms with Crippen LogP contribution in [0.1, 0.15) is 18.4 Å². The van der Waals surface area contributed by atoms with Crippen molar-refractivity contribution < 1.29 is 21.6 Å². The molecule has 1 aliphatic heterocycles. The molecule has 3 aromatic rings. The Balaban J connectivity index is 1.50. The molecule has 0 amide bonds. The standard InChI is InChI=1S/C21H17Cl2F3N2O2S2/c22-14-9-13(10-15(23)11-14)18-12-31-20(27-18)28-7-5-16(6-8-28)32(29,30)19-4-2-1-3-17(19)21(24,25)26/h1-4,9-12,16H,5-8H2. The lowest BCUT2D eigenvalue weighted by molar-refractivity contribution is -0.139. The van der Waals surface area contributed by atoms with Gasteiger partial charge in [0.25, 0.3) is 0 Å². The number of hydrogen-bond donors (Lipinski definition) is 0. The molecule has 170 valence electrons. The molecular weight excluding hydrogens is 504 g/mol. The summed E-state index contributed by atoms with van der Waals surface area (Å²) in [6, 6.07) is 9.48. The molecule has 1 aromatic heterocycles. The quantitative estimate of drug-likeness (QED) is 0.389. The number of piperidine rings is 1. The summed E-state index contributed by atoms with van der Waals surface area (Å²) in [6.45, 7) is 0.753. The van der Waals surface area contributed by atoms with Gasteiger partial charge in [-0.15, -0.1) is 11.3 Å². The van der Waals surface area contributed by atoms with Crippen LogP contribution in [-0.2, 0) is 16.0 Å². The zero-order valence-corrected chi connectivity index (χ0v) is 19.6. The van der Waals surface area contributed by atoms with Crippen molar-refractivity contribution in [1.82, 2.24) is 4.98 Å². The minimum atomic E-state index is -4.73. The first kappa shape index (κ1) is 23.4. The Morgan fingerprint density at radius 1 is 1.03 bits per heavy atom. The normalized spacial score (nSPS) is 15.8. The van der Waals surface area contributed by atoms with Crippen LogP contribution in [0.15, 0.2) is 52.7 Å². The fourth-order valence-electron chi connectivity index (χ4n) is 3.73. The van der Waals surface area contributed by atoms with Crippen molar-refractivity contribution in [3.8, 4) is 11.3 Å². The lowest BCUT2D eigenvalue weighted by Crippen LogP contribution is -2.39. The van der Waals surface area contributed by atoms with Crippen LogP contribution in [-0.4, -0.2) is 31.7 Å². The second kappa shape index (κ2) is 8.85. The fraction of sp³-hybridized carbons (Fsp3) is 0.286. The van der Waals surface area contributed by atoms with E-state index in [2.05, 4.69) is 4.98 Å². The van der Waals surface area contributed by atoms with Crippen LogP contribution in [0.25, 0.3) is 11.3 Å². The fourth-order valence-corrected chi connectivity index (χ4v) is 7.09. The van der Waals surface area contributed by atoms with Gasteiger partial charge in [0.1, 0.15) is 0 Å². The molecular formula is C21H17Cl2F3N2O2S2. The van der Waals surface area contributed by atoms with E-state index in [0.717, 1.165) is 17.7 Å². The lowest BCUT2D eigenvalue weighted by atomic mass is 10.1. The van der Waals surface area contributed by atoms with Gasteiger partial charge in [0.05, 0.1) is 21.4 Å². The van der Waals surface area contributed by atoms with Crippen molar-refractivity contribution in [1.29, 1.82) is 0 Å². The van der Waals surface area contributed by atoms with Crippen molar-refractivity contribution in [2.24, 2.45) is 0 Å². The van der Waals surface area contributed by atoms with Crippen molar-refractivity contribution in [2.45, 2.75) is 29.2 Å². The van der Waals surface area contributed by atoms with Gasteiger partial charge in [-0.2, -0.15) is 13.2 Å². The highest BCUT2D eigenvalue weighted by Gasteiger charge is 2.40. The van der Waals surface area contributed by atoms with Crippen LogP contribution in [0.2, 0.25) is 10.0 Å². The predicted octanol–water partition coefficient (Wildman–Crippen LogP) is 6.58. The third-order valence-corrected chi connectivity index (χ3v) is 8.96. The van der Waals surface area contributed by atoms with E-state index in [0.29, 0.717) is 34.0 Å². The molecule has 0 spiro atoms. The predicted molar refractivity (Wildman–Crippen MR) is 121 cm³/mol. The minimum Gasteiger partial charge on any atom is -0.348 e. The topological polar surface area (TPSA) is 50.3 Å². The summed E-state index contributed by atoms with van der Waals surface area (Å²) in [5.41, 5.74) is 0.349. The van der Waals surface area contributed by atoms with Gasteiger partial charge in [0.15, 0.2) is 15.0 Å². The van der Waals surface area contributed by atoms with Crippen molar-refractivity contribution in [2.75, 3.05) is 18.0 Å². The number of nitrogens with zero attached hydrogens (tertiary/aromatic N) is 2. The van der Waals surface area contributed by atoms with E-state index in [1.807, 2.05) is 10.3 Å². The number of alkyl halides is 3. The average Bonchev–Trinajstić information content (AvgIpc) is 3.23. The maximum absolute atomic E-state index is 13.3. The lowest BCUT2D eigenvalue weighted by Gasteiger charge is -2.31. The van der Waals surface area contributed by atoms with Gasteiger partial charge >= 0.3 is 6.18 Å². The molecule has 0 N–H and O–H groups in total. The van der Waals surface area contributed by atoms with Crippen LogP contribution in [0.5, 0.6) is 0 Å². The third kappa shape index (κ3) is 4.76. The van der Waals surface area contributed by atoms with Gasteiger partial charge in [-0.3, -0.25) is 0 Å². The highest BCUT2D eigenvalue weighted by atomic mass is 35.5. The Kier molecular flexibility index (Phi) is 6.46. The zero-order chi connectivity index (χ0) is 23.1. The molecule has 0 atom stereocenters. The number of halogens is 5. The Labute approximate surface area is 197 Å². The molecule has 0 saturated carbocycles. The second-order valence-electron chi connectivity index (χ2n) is 7.40. The van der Waals surface area contributed by atoms with Gasteiger partial charge in [0, 0.05) is 34.1 Å². The smallest absolute Gasteiger partial charge is 0.348 e. The first-order valence-corrected chi connectivity index (χ1v) is 12.8. The number of hydrogen-bond acceptors (Lipinski definition) is 5. The molecule has 0 unspecified atom stereocenters. The molecule has 32 heavy (non-hydrogen) atoms. The number of aromatic nitrogens is 1. The van der Waals surface area contributed by atoms with Gasteiger partial charge in [-0.1, -0.05) is 35.3 Å². The summed E-state index contributed by atoms with van der Waals surface area (Å²) in [4.78, 5) is 5.90. The maximum atomic E-state index is 13.3. The largest absolute Gasteiger partial charge is 0.417 e. The first-order valence-electron chi connectivity index (χ1n) is 9.63. The van der Waals surface area contributed by atoms with E-state index in [-0.39, 0.29) is 12.8 Å². The number of thiazole rings is 1. The van der Waals surface area contributed by atoms with E-state index in [1.54, 1.807) is 18.2 Å². The van der Waals surface area contributed by atoms with Gasteiger partial charge in [-0.25, -0.2) is 13.4 Å². The third-order valence-electron chi connectivity index (χ3n) is 5.30. The Morgan fingerprint density at radius 2 is 1.66 bits per heavy atom. The molecule has 0 aliphatic carbocycles. The summed E-state index contributed by atoms with van der Waals surface area (Å²) >= 11 is 13.5. The van der Waals surface area contributed by atoms with E-state index in [9.17, 15) is 21.6 Å². The van der Waals surface area contributed by atoms with Crippen LogP contribution in [0.4, 0.5) is 18.3 Å². The molecule has 1 aliphatic rings. The van der Waals surface area contributed by atoms with Gasteiger partial charge in [0.2, 0.25) is 0 Å². The Bertz CT molecular complexity index is 1220. The Hall–Kier alpha value is -1.81. The maximum Gasteiger partial charge on any atom is 0.417 e. The summed E-state index contributed by atoms with van der Waals surface area (Å²) < 4.78 is 66.0. The molecule has 4 rings (SSSR count). The van der Waals surface area contributed by atoms with E-state index >= 15 is 0 Å². The molecule has 4 nitrogen and oxygen atoms in total. The molecule has 11 heteroatoms. The molecule has 1 fully saturated rings. The van der Waals surface area contributed by atoms with Crippen LogP contribution >= 0.6 is 34.5 Å². The summed E-state index contributed by atoms with van der Waals surface area (Å²) in [7, 11) is -4.12. The summed E-state index contributed by atoms with van der Waals surface area (Å²) in [5, 5.41) is 2.68. The number of benzene rings is 2. The van der Waals surface area contributed by atoms with Crippen LogP contribution in [0.3, 0.4) is 0 Å². The van der Waals surface area contributed by atoms with Gasteiger partial charge < -0.3 is 4.90 Å².